The van der Waals surface area contributed by atoms with E-state index in [0.29, 0.717) is 12.8 Å². The summed E-state index contributed by atoms with van der Waals surface area (Å²) in [5.74, 6) is -2.37. The van der Waals surface area contributed by atoms with Gasteiger partial charge < -0.3 is 14.7 Å². The third kappa shape index (κ3) is 4.03. The molecule has 0 radical (unpaired) electrons. The number of methoxy groups -OCH3 is 1. The number of benzene rings is 1. The average molecular weight is 365 g/mol. The Bertz CT molecular complexity index is 697. The standard InChI is InChI=1S/C19H24FNO5/c1-21(19(18(24)25)10-4-3-5-11-19)17(23)9-7-15(22)13-6-8-16(26-2)14(20)12-13/h6,8,12H,3-5,7,9-11H2,1-2H3,(H,24,25). The van der Waals surface area contributed by atoms with Gasteiger partial charge in [-0.05, 0) is 31.0 Å². The molecule has 1 N–H and O–H groups in total. The van der Waals surface area contributed by atoms with E-state index in [0.717, 1.165) is 25.3 Å². The summed E-state index contributed by atoms with van der Waals surface area (Å²) in [4.78, 5) is 37.7. The van der Waals surface area contributed by atoms with E-state index in [2.05, 4.69) is 0 Å². The first-order chi connectivity index (χ1) is 12.3. The van der Waals surface area contributed by atoms with Gasteiger partial charge in [0, 0.05) is 25.5 Å². The zero-order valence-electron chi connectivity index (χ0n) is 15.1. The third-order valence-corrected chi connectivity index (χ3v) is 5.13. The van der Waals surface area contributed by atoms with Crippen LogP contribution in [0, 0.1) is 5.82 Å². The van der Waals surface area contributed by atoms with Crippen LogP contribution in [-0.4, -0.2) is 47.4 Å². The first-order valence-corrected chi connectivity index (χ1v) is 8.68. The largest absolute Gasteiger partial charge is 0.494 e. The molecular formula is C19H24FNO5. The van der Waals surface area contributed by atoms with Crippen LogP contribution in [0.3, 0.4) is 0 Å². The summed E-state index contributed by atoms with van der Waals surface area (Å²) in [5.41, 5.74) is -1.03. The van der Waals surface area contributed by atoms with Crippen LogP contribution in [0.15, 0.2) is 18.2 Å². The summed E-state index contributed by atoms with van der Waals surface area (Å²) >= 11 is 0. The lowest BCUT2D eigenvalue weighted by atomic mass is 9.80. The smallest absolute Gasteiger partial charge is 0.329 e. The number of hydrogen-bond donors (Lipinski definition) is 1. The summed E-state index contributed by atoms with van der Waals surface area (Å²) in [6.07, 6.45) is 3.09. The quantitative estimate of drug-likeness (QED) is 0.751. The molecule has 1 aromatic carbocycles. The SMILES string of the molecule is COc1ccc(C(=O)CCC(=O)N(C)C2(C(=O)O)CCCCC2)cc1F. The summed E-state index contributed by atoms with van der Waals surface area (Å²) in [5, 5.41) is 9.63. The van der Waals surface area contributed by atoms with Crippen molar-refractivity contribution in [3.8, 4) is 5.75 Å². The Morgan fingerprint density at radius 3 is 2.38 bits per heavy atom. The molecule has 0 unspecified atom stereocenters. The fourth-order valence-electron chi connectivity index (χ4n) is 3.44. The number of rotatable bonds is 7. The van der Waals surface area contributed by atoms with E-state index in [1.165, 1.54) is 31.2 Å². The van der Waals surface area contributed by atoms with Crippen LogP contribution in [0.4, 0.5) is 4.39 Å². The molecule has 0 atom stereocenters. The van der Waals surface area contributed by atoms with Gasteiger partial charge in [0.1, 0.15) is 5.54 Å². The van der Waals surface area contributed by atoms with Crippen molar-refractivity contribution in [1.82, 2.24) is 4.90 Å². The normalized spacial score (nSPS) is 16.0. The van der Waals surface area contributed by atoms with Crippen LogP contribution in [0.5, 0.6) is 5.75 Å². The lowest BCUT2D eigenvalue weighted by Crippen LogP contribution is -2.56. The van der Waals surface area contributed by atoms with Crippen molar-refractivity contribution in [1.29, 1.82) is 0 Å². The fourth-order valence-corrected chi connectivity index (χ4v) is 3.44. The molecule has 1 fully saturated rings. The van der Waals surface area contributed by atoms with Gasteiger partial charge >= 0.3 is 5.97 Å². The highest BCUT2D eigenvalue weighted by Gasteiger charge is 2.45. The van der Waals surface area contributed by atoms with Gasteiger partial charge in [-0.25, -0.2) is 9.18 Å². The summed E-state index contributed by atoms with van der Waals surface area (Å²) in [6.45, 7) is 0. The Morgan fingerprint density at radius 1 is 1.19 bits per heavy atom. The fraction of sp³-hybridized carbons (Fsp3) is 0.526. The molecule has 1 aliphatic rings. The Morgan fingerprint density at radius 2 is 1.85 bits per heavy atom. The van der Waals surface area contributed by atoms with E-state index in [1.807, 2.05) is 0 Å². The van der Waals surface area contributed by atoms with E-state index < -0.39 is 23.2 Å². The highest BCUT2D eigenvalue weighted by molar-refractivity contribution is 5.98. The Labute approximate surface area is 151 Å². The van der Waals surface area contributed by atoms with Gasteiger partial charge in [-0.1, -0.05) is 19.3 Å². The molecule has 0 aromatic heterocycles. The first-order valence-electron chi connectivity index (χ1n) is 8.68. The second kappa shape index (κ2) is 8.29. The van der Waals surface area contributed by atoms with Crippen LogP contribution in [-0.2, 0) is 9.59 Å². The Balaban J connectivity index is 2.01. The summed E-state index contributed by atoms with van der Waals surface area (Å²) < 4.78 is 18.5. The molecule has 7 heteroatoms. The van der Waals surface area contributed by atoms with E-state index in [-0.39, 0.29) is 29.9 Å². The second-order valence-corrected chi connectivity index (χ2v) is 6.62. The number of carboxylic acids is 1. The molecule has 0 heterocycles. The van der Waals surface area contributed by atoms with Crippen molar-refractivity contribution >= 4 is 17.7 Å². The van der Waals surface area contributed by atoms with Crippen LogP contribution < -0.4 is 4.74 Å². The first kappa shape index (κ1) is 19.9. The number of carbonyl (C=O) groups is 3. The number of carboxylic acid groups (broad SMARTS) is 1. The molecule has 1 aliphatic carbocycles. The van der Waals surface area contributed by atoms with E-state index in [9.17, 15) is 23.9 Å². The maximum absolute atomic E-state index is 13.7. The summed E-state index contributed by atoms with van der Waals surface area (Å²) in [7, 11) is 2.82. The minimum Gasteiger partial charge on any atom is -0.494 e. The maximum atomic E-state index is 13.7. The highest BCUT2D eigenvalue weighted by atomic mass is 19.1. The molecule has 1 amide bonds. The molecule has 0 bridgehead atoms. The zero-order valence-corrected chi connectivity index (χ0v) is 15.1. The van der Waals surface area contributed by atoms with E-state index in [4.69, 9.17) is 4.74 Å². The van der Waals surface area contributed by atoms with Crippen LogP contribution in [0.25, 0.3) is 0 Å². The number of nitrogens with zero attached hydrogens (tertiary/aromatic N) is 1. The molecule has 6 nitrogen and oxygen atoms in total. The Kier molecular flexibility index (Phi) is 6.34. The lowest BCUT2D eigenvalue weighted by Gasteiger charge is -2.41. The molecule has 0 spiro atoms. The minimum atomic E-state index is -1.19. The number of Topliss-reactive ketones (excluding diaryl/α,β-unsaturated/α-hetero) is 1. The topological polar surface area (TPSA) is 83.9 Å². The Hall–Kier alpha value is -2.44. The van der Waals surface area contributed by atoms with Crippen molar-refractivity contribution in [3.63, 3.8) is 0 Å². The molecule has 0 aliphatic heterocycles. The number of likely N-dealkylation sites (N-methyl/N-ethyl adjacent to an activating group) is 1. The monoisotopic (exact) mass is 365 g/mol. The summed E-state index contributed by atoms with van der Waals surface area (Å²) in [6, 6.07) is 3.88. The minimum absolute atomic E-state index is 0.0399. The van der Waals surface area contributed by atoms with Gasteiger partial charge in [0.25, 0.3) is 0 Å². The van der Waals surface area contributed by atoms with Gasteiger partial charge in [-0.15, -0.1) is 0 Å². The molecule has 1 aromatic rings. The third-order valence-electron chi connectivity index (χ3n) is 5.13. The van der Waals surface area contributed by atoms with E-state index >= 15 is 0 Å². The van der Waals surface area contributed by atoms with Gasteiger partial charge in [0.15, 0.2) is 17.3 Å². The van der Waals surface area contributed by atoms with Crippen molar-refractivity contribution in [3.05, 3.63) is 29.6 Å². The average Bonchev–Trinajstić information content (AvgIpc) is 2.65. The van der Waals surface area contributed by atoms with Crippen LogP contribution in [0.2, 0.25) is 0 Å². The molecular weight excluding hydrogens is 341 g/mol. The molecule has 142 valence electrons. The van der Waals surface area contributed by atoms with Crippen molar-refractivity contribution in [2.75, 3.05) is 14.2 Å². The molecule has 2 rings (SSSR count). The zero-order chi connectivity index (χ0) is 19.3. The van der Waals surface area contributed by atoms with E-state index in [1.54, 1.807) is 0 Å². The molecule has 26 heavy (non-hydrogen) atoms. The number of halogens is 1. The van der Waals surface area contributed by atoms with Crippen molar-refractivity contribution in [2.45, 2.75) is 50.5 Å². The molecule has 0 saturated heterocycles. The maximum Gasteiger partial charge on any atom is 0.329 e. The molecule has 1 saturated carbocycles. The predicted octanol–water partition coefficient (Wildman–Crippen LogP) is 3.04. The number of amides is 1. The van der Waals surface area contributed by atoms with Crippen LogP contribution in [0.1, 0.15) is 55.3 Å². The van der Waals surface area contributed by atoms with Crippen molar-refractivity contribution < 1.29 is 28.6 Å². The highest BCUT2D eigenvalue weighted by Crippen LogP contribution is 2.34. The second-order valence-electron chi connectivity index (χ2n) is 6.62. The predicted molar refractivity (Wildman–Crippen MR) is 92.7 cm³/mol. The van der Waals surface area contributed by atoms with Gasteiger partial charge in [0.05, 0.1) is 7.11 Å². The number of carbonyl (C=O) groups excluding carboxylic acids is 2. The number of aliphatic carboxylic acids is 1. The van der Waals surface area contributed by atoms with Crippen LogP contribution >= 0.6 is 0 Å². The van der Waals surface area contributed by atoms with Gasteiger partial charge in [-0.3, -0.25) is 9.59 Å². The van der Waals surface area contributed by atoms with Gasteiger partial charge in [-0.2, -0.15) is 0 Å². The lowest BCUT2D eigenvalue weighted by molar-refractivity contribution is -0.160. The number of ketones is 1. The van der Waals surface area contributed by atoms with Gasteiger partial charge in [0.2, 0.25) is 5.91 Å². The van der Waals surface area contributed by atoms with Crippen molar-refractivity contribution in [2.24, 2.45) is 0 Å². The number of hydrogen-bond acceptors (Lipinski definition) is 4. The number of ether oxygens (including phenoxy) is 1.